The summed E-state index contributed by atoms with van der Waals surface area (Å²) in [5, 5.41) is 9.55. The Labute approximate surface area is 86.2 Å². The van der Waals surface area contributed by atoms with Crippen molar-refractivity contribution in [1.29, 1.82) is 0 Å². The van der Waals surface area contributed by atoms with Gasteiger partial charge in [-0.3, -0.25) is 4.98 Å². The van der Waals surface area contributed by atoms with Crippen LogP contribution in [0, 0.1) is 3.57 Å². The molecule has 0 saturated carbocycles. The number of halogens is 1. The van der Waals surface area contributed by atoms with Gasteiger partial charge in [-0.25, -0.2) is 0 Å². The zero-order valence-electron chi connectivity index (χ0n) is 7.21. The van der Waals surface area contributed by atoms with Crippen LogP contribution in [0.15, 0.2) is 18.3 Å². The molecular formula is C9H12INO. The molecule has 0 amide bonds. The first-order valence-corrected chi connectivity index (χ1v) is 4.89. The van der Waals surface area contributed by atoms with E-state index >= 15 is 0 Å². The Morgan fingerprint density at radius 3 is 2.75 bits per heavy atom. The van der Waals surface area contributed by atoms with Crippen molar-refractivity contribution >= 4 is 22.6 Å². The molecule has 3 heteroatoms. The average molecular weight is 277 g/mol. The summed E-state index contributed by atoms with van der Waals surface area (Å²) in [4.78, 5) is 4.20. The third-order valence-electron chi connectivity index (χ3n) is 1.43. The van der Waals surface area contributed by atoms with Crippen LogP contribution < -0.4 is 0 Å². The highest BCUT2D eigenvalue weighted by Crippen LogP contribution is 2.15. The monoisotopic (exact) mass is 277 g/mol. The fraction of sp³-hybridized carbons (Fsp3) is 0.444. The minimum absolute atomic E-state index is 0.603. The van der Waals surface area contributed by atoms with Gasteiger partial charge in [0.05, 0.1) is 11.3 Å². The van der Waals surface area contributed by atoms with Crippen LogP contribution in [0.1, 0.15) is 19.5 Å². The molecule has 1 N–H and O–H groups in total. The number of rotatable bonds is 2. The quantitative estimate of drug-likeness (QED) is 0.839. The maximum Gasteiger partial charge on any atom is 0.0647 e. The van der Waals surface area contributed by atoms with Crippen LogP contribution in [0.3, 0.4) is 0 Å². The summed E-state index contributed by atoms with van der Waals surface area (Å²) in [5.41, 5.74) is 0.291. The molecule has 1 aromatic rings. The van der Waals surface area contributed by atoms with Crippen LogP contribution in [0.4, 0.5) is 0 Å². The predicted octanol–water partition coefficient (Wildman–Crippen LogP) is 2.00. The summed E-state index contributed by atoms with van der Waals surface area (Å²) < 4.78 is 1.11. The number of aliphatic hydroxyl groups is 1. The van der Waals surface area contributed by atoms with E-state index in [9.17, 15) is 5.11 Å². The highest BCUT2D eigenvalue weighted by molar-refractivity contribution is 14.1. The Morgan fingerprint density at radius 2 is 2.25 bits per heavy atom. The summed E-state index contributed by atoms with van der Waals surface area (Å²) in [5.74, 6) is 0. The van der Waals surface area contributed by atoms with Gasteiger partial charge >= 0.3 is 0 Å². The smallest absolute Gasteiger partial charge is 0.0647 e. The third-order valence-corrected chi connectivity index (χ3v) is 2.42. The van der Waals surface area contributed by atoms with Gasteiger partial charge in [0.15, 0.2) is 0 Å². The summed E-state index contributed by atoms with van der Waals surface area (Å²) in [6.07, 6.45) is 2.36. The fourth-order valence-corrected chi connectivity index (χ4v) is 1.50. The van der Waals surface area contributed by atoms with Gasteiger partial charge in [-0.15, -0.1) is 0 Å². The molecule has 0 aliphatic heterocycles. The first-order chi connectivity index (χ1) is 5.49. The highest BCUT2D eigenvalue weighted by atomic mass is 127. The molecule has 66 valence electrons. The molecule has 12 heavy (non-hydrogen) atoms. The molecule has 0 bridgehead atoms. The zero-order chi connectivity index (χ0) is 9.19. The standard InChI is InChI=1S/C9H12INO/c1-9(2,12)6-8-7(10)4-3-5-11-8/h3-5,12H,6H2,1-2H3. The topological polar surface area (TPSA) is 33.1 Å². The van der Waals surface area contributed by atoms with E-state index in [0.29, 0.717) is 6.42 Å². The second-order valence-electron chi connectivity index (χ2n) is 3.42. The van der Waals surface area contributed by atoms with Gasteiger partial charge in [-0.2, -0.15) is 0 Å². The van der Waals surface area contributed by atoms with Crippen molar-refractivity contribution in [1.82, 2.24) is 4.98 Å². The SMILES string of the molecule is CC(C)(O)Cc1ncccc1I. The van der Waals surface area contributed by atoms with Gasteiger partial charge in [0, 0.05) is 16.2 Å². The Hall–Kier alpha value is -0.160. The van der Waals surface area contributed by atoms with Crippen LogP contribution in [0.2, 0.25) is 0 Å². The van der Waals surface area contributed by atoms with Gasteiger partial charge < -0.3 is 5.11 Å². The summed E-state index contributed by atoms with van der Waals surface area (Å²) in [7, 11) is 0. The number of nitrogens with zero attached hydrogens (tertiary/aromatic N) is 1. The van der Waals surface area contributed by atoms with Gasteiger partial charge in [0.2, 0.25) is 0 Å². The van der Waals surface area contributed by atoms with Gasteiger partial charge in [0.25, 0.3) is 0 Å². The lowest BCUT2D eigenvalue weighted by Crippen LogP contribution is -2.23. The number of aromatic nitrogens is 1. The first kappa shape index (κ1) is 9.92. The van der Waals surface area contributed by atoms with E-state index in [2.05, 4.69) is 27.6 Å². The van der Waals surface area contributed by atoms with Crippen molar-refractivity contribution in [3.8, 4) is 0 Å². The molecule has 1 heterocycles. The van der Waals surface area contributed by atoms with E-state index in [1.807, 2.05) is 12.1 Å². The molecule has 1 aromatic heterocycles. The van der Waals surface area contributed by atoms with Crippen LogP contribution >= 0.6 is 22.6 Å². The van der Waals surface area contributed by atoms with E-state index in [0.717, 1.165) is 9.26 Å². The maximum atomic E-state index is 9.55. The van der Waals surface area contributed by atoms with Crippen LogP contribution in [0.5, 0.6) is 0 Å². The molecule has 0 aromatic carbocycles. The normalized spacial score (nSPS) is 11.7. The largest absolute Gasteiger partial charge is 0.390 e. The van der Waals surface area contributed by atoms with E-state index in [-0.39, 0.29) is 0 Å². The van der Waals surface area contributed by atoms with Crippen LogP contribution in [-0.4, -0.2) is 15.7 Å². The molecule has 1 rings (SSSR count). The third kappa shape index (κ3) is 3.06. The Kier molecular flexibility index (Phi) is 3.06. The highest BCUT2D eigenvalue weighted by Gasteiger charge is 2.15. The molecule has 0 aliphatic rings. The van der Waals surface area contributed by atoms with Crippen molar-refractivity contribution in [3.63, 3.8) is 0 Å². The minimum Gasteiger partial charge on any atom is -0.390 e. The Bertz CT molecular complexity index is 267. The van der Waals surface area contributed by atoms with Gasteiger partial charge in [-0.1, -0.05) is 0 Å². The van der Waals surface area contributed by atoms with E-state index < -0.39 is 5.60 Å². The lowest BCUT2D eigenvalue weighted by molar-refractivity contribution is 0.0797. The Balaban J connectivity index is 2.83. The van der Waals surface area contributed by atoms with E-state index in [4.69, 9.17) is 0 Å². The van der Waals surface area contributed by atoms with Crippen molar-refractivity contribution in [2.24, 2.45) is 0 Å². The number of pyridine rings is 1. The van der Waals surface area contributed by atoms with Crippen LogP contribution in [0.25, 0.3) is 0 Å². The van der Waals surface area contributed by atoms with Crippen molar-refractivity contribution < 1.29 is 5.11 Å². The Morgan fingerprint density at radius 1 is 1.58 bits per heavy atom. The fourth-order valence-electron chi connectivity index (χ4n) is 0.958. The zero-order valence-corrected chi connectivity index (χ0v) is 9.37. The first-order valence-electron chi connectivity index (χ1n) is 3.81. The van der Waals surface area contributed by atoms with E-state index in [1.165, 1.54) is 0 Å². The van der Waals surface area contributed by atoms with E-state index in [1.54, 1.807) is 20.0 Å². The molecule has 0 saturated heterocycles. The van der Waals surface area contributed by atoms with Gasteiger partial charge in [-0.05, 0) is 48.6 Å². The second kappa shape index (κ2) is 3.70. The van der Waals surface area contributed by atoms with Crippen molar-refractivity contribution in [2.45, 2.75) is 25.9 Å². The summed E-state index contributed by atoms with van der Waals surface area (Å²) >= 11 is 2.23. The van der Waals surface area contributed by atoms with Crippen LogP contribution in [-0.2, 0) is 6.42 Å². The number of hydrogen-bond acceptors (Lipinski definition) is 2. The average Bonchev–Trinajstić information content (AvgIpc) is 1.91. The molecule has 0 aliphatic carbocycles. The number of hydrogen-bond donors (Lipinski definition) is 1. The van der Waals surface area contributed by atoms with Crippen molar-refractivity contribution in [3.05, 3.63) is 27.6 Å². The maximum absolute atomic E-state index is 9.55. The minimum atomic E-state index is -0.672. The molecular weight excluding hydrogens is 265 g/mol. The molecule has 0 fully saturated rings. The summed E-state index contributed by atoms with van der Waals surface area (Å²) in [6, 6.07) is 3.89. The molecule has 0 radical (unpaired) electrons. The van der Waals surface area contributed by atoms with Crippen molar-refractivity contribution in [2.75, 3.05) is 0 Å². The summed E-state index contributed by atoms with van der Waals surface area (Å²) in [6.45, 7) is 3.58. The molecule has 0 atom stereocenters. The second-order valence-corrected chi connectivity index (χ2v) is 4.58. The van der Waals surface area contributed by atoms with Gasteiger partial charge in [0.1, 0.15) is 0 Å². The lowest BCUT2D eigenvalue weighted by atomic mass is 10.0. The molecule has 2 nitrogen and oxygen atoms in total. The predicted molar refractivity (Wildman–Crippen MR) is 57.0 cm³/mol. The molecule has 0 unspecified atom stereocenters. The molecule has 0 spiro atoms. The lowest BCUT2D eigenvalue weighted by Gasteiger charge is -2.16.